The van der Waals surface area contributed by atoms with Crippen LogP contribution in [0.25, 0.3) is 5.78 Å². The predicted molar refractivity (Wildman–Crippen MR) is 103 cm³/mol. The van der Waals surface area contributed by atoms with Crippen molar-refractivity contribution >= 4 is 29.4 Å². The summed E-state index contributed by atoms with van der Waals surface area (Å²) in [5.41, 5.74) is 8.11. The Bertz CT molecular complexity index is 909. The number of hydrogen-bond donors (Lipinski definition) is 2. The molecule has 0 spiro atoms. The van der Waals surface area contributed by atoms with Gasteiger partial charge in [-0.3, -0.25) is 4.79 Å². The molecule has 0 fully saturated rings. The molecule has 0 atom stereocenters. The van der Waals surface area contributed by atoms with Crippen molar-refractivity contribution in [3.8, 4) is 0 Å². The molecular formula is C18H22N6OS. The molecule has 0 radical (unpaired) electrons. The smallest absolute Gasteiger partial charge is 0.254 e. The Morgan fingerprint density at radius 2 is 2.00 bits per heavy atom. The van der Waals surface area contributed by atoms with Gasteiger partial charge in [0, 0.05) is 28.4 Å². The summed E-state index contributed by atoms with van der Waals surface area (Å²) in [6.07, 6.45) is 1.19. The first kappa shape index (κ1) is 18.2. The Hall–Kier alpha value is -2.61. The van der Waals surface area contributed by atoms with Gasteiger partial charge in [0.2, 0.25) is 11.9 Å². The van der Waals surface area contributed by atoms with Gasteiger partial charge < -0.3 is 11.1 Å². The van der Waals surface area contributed by atoms with Crippen molar-refractivity contribution < 1.29 is 4.79 Å². The van der Waals surface area contributed by atoms with Crippen molar-refractivity contribution in [1.82, 2.24) is 24.9 Å². The highest BCUT2D eigenvalue weighted by molar-refractivity contribution is 7.99. The number of nitrogens with one attached hydrogen (secondary N) is 1. The van der Waals surface area contributed by atoms with Crippen LogP contribution in [0.5, 0.6) is 0 Å². The first-order valence-electron chi connectivity index (χ1n) is 8.47. The highest BCUT2D eigenvalue weighted by Gasteiger charge is 2.15. The number of fused-ring (bicyclic) bond motifs is 1. The van der Waals surface area contributed by atoms with E-state index in [1.165, 1.54) is 4.90 Å². The van der Waals surface area contributed by atoms with Crippen LogP contribution in [0, 0.1) is 13.8 Å². The highest BCUT2D eigenvalue weighted by Crippen LogP contribution is 2.17. The van der Waals surface area contributed by atoms with E-state index < -0.39 is 0 Å². The second-order valence-electron chi connectivity index (χ2n) is 5.98. The van der Waals surface area contributed by atoms with E-state index in [0.717, 1.165) is 29.1 Å². The number of nitrogens with two attached hydrogens (primary N) is 1. The molecule has 7 nitrogen and oxygen atoms in total. The maximum Gasteiger partial charge on any atom is 0.254 e. The molecule has 0 aliphatic carbocycles. The molecule has 0 aliphatic rings. The maximum atomic E-state index is 12.3. The molecule has 0 aliphatic heterocycles. The minimum atomic E-state index is -0.0184. The Balaban J connectivity index is 1.51. The van der Waals surface area contributed by atoms with Crippen molar-refractivity contribution in [3.63, 3.8) is 0 Å². The number of aryl methyl sites for hydroxylation is 2. The number of nitrogen functional groups attached to an aromatic ring is 1. The third-order valence-electron chi connectivity index (χ3n) is 4.06. The summed E-state index contributed by atoms with van der Waals surface area (Å²) in [6.45, 7) is 4.43. The zero-order valence-corrected chi connectivity index (χ0v) is 15.7. The molecule has 0 unspecified atom stereocenters. The average Bonchev–Trinajstić information content (AvgIpc) is 2.99. The quantitative estimate of drug-likeness (QED) is 0.488. The molecule has 0 bridgehead atoms. The van der Waals surface area contributed by atoms with E-state index in [0.29, 0.717) is 12.3 Å². The lowest BCUT2D eigenvalue weighted by Crippen LogP contribution is -2.27. The van der Waals surface area contributed by atoms with Gasteiger partial charge in [0.1, 0.15) is 0 Å². The lowest BCUT2D eigenvalue weighted by atomic mass is 10.1. The third kappa shape index (κ3) is 4.32. The fourth-order valence-corrected chi connectivity index (χ4v) is 3.58. The second kappa shape index (κ2) is 8.18. The van der Waals surface area contributed by atoms with E-state index in [-0.39, 0.29) is 18.3 Å². The minimum absolute atomic E-state index is 0.0184. The zero-order valence-electron chi connectivity index (χ0n) is 14.9. The van der Waals surface area contributed by atoms with Crippen molar-refractivity contribution in [3.05, 3.63) is 47.3 Å². The SMILES string of the molecule is Cc1nc2nc(N)nn2c(C)c1CC(=O)NCCCSc1ccccc1. The summed E-state index contributed by atoms with van der Waals surface area (Å²) in [5.74, 6) is 1.58. The molecule has 3 rings (SSSR count). The van der Waals surface area contributed by atoms with Crippen LogP contribution in [0.4, 0.5) is 5.95 Å². The van der Waals surface area contributed by atoms with Crippen LogP contribution < -0.4 is 11.1 Å². The van der Waals surface area contributed by atoms with E-state index in [2.05, 4.69) is 32.5 Å². The number of benzene rings is 1. The summed E-state index contributed by atoms with van der Waals surface area (Å²) < 4.78 is 1.58. The van der Waals surface area contributed by atoms with E-state index in [1.807, 2.05) is 32.0 Å². The van der Waals surface area contributed by atoms with Crippen LogP contribution in [0.3, 0.4) is 0 Å². The van der Waals surface area contributed by atoms with Gasteiger partial charge in [0.15, 0.2) is 0 Å². The fraction of sp³-hybridized carbons (Fsp3) is 0.333. The number of anilines is 1. The lowest BCUT2D eigenvalue weighted by Gasteiger charge is -2.10. The van der Waals surface area contributed by atoms with Crippen molar-refractivity contribution in [1.29, 1.82) is 0 Å². The highest BCUT2D eigenvalue weighted by atomic mass is 32.2. The number of carbonyl (C=O) groups is 1. The number of nitrogens with zero attached hydrogens (tertiary/aromatic N) is 4. The molecule has 8 heteroatoms. The molecular weight excluding hydrogens is 348 g/mol. The Kier molecular flexibility index (Phi) is 5.72. The Labute approximate surface area is 156 Å². The monoisotopic (exact) mass is 370 g/mol. The predicted octanol–water partition coefficient (Wildman–Crippen LogP) is 2.16. The Morgan fingerprint density at radius 1 is 1.23 bits per heavy atom. The standard InChI is InChI=1S/C18H22N6OS/c1-12-15(13(2)24-18(21-12)22-17(19)23-24)11-16(25)20-9-6-10-26-14-7-4-3-5-8-14/h3-5,7-8H,6,9-11H2,1-2H3,(H2,19,23)(H,20,25). The van der Waals surface area contributed by atoms with Crippen LogP contribution >= 0.6 is 11.8 Å². The van der Waals surface area contributed by atoms with Crippen LogP contribution in [0.2, 0.25) is 0 Å². The number of hydrogen-bond acceptors (Lipinski definition) is 6. The summed E-state index contributed by atoms with van der Waals surface area (Å²) >= 11 is 1.79. The van der Waals surface area contributed by atoms with Gasteiger partial charge in [-0.25, -0.2) is 4.98 Å². The van der Waals surface area contributed by atoms with Crippen LogP contribution in [-0.2, 0) is 11.2 Å². The largest absolute Gasteiger partial charge is 0.366 e. The number of carbonyl (C=O) groups excluding carboxylic acids is 1. The van der Waals surface area contributed by atoms with E-state index >= 15 is 0 Å². The molecule has 26 heavy (non-hydrogen) atoms. The first-order chi connectivity index (χ1) is 12.5. The number of rotatable bonds is 7. The van der Waals surface area contributed by atoms with Gasteiger partial charge in [-0.1, -0.05) is 18.2 Å². The zero-order chi connectivity index (χ0) is 18.5. The van der Waals surface area contributed by atoms with E-state index in [1.54, 1.807) is 16.3 Å². The fourth-order valence-electron chi connectivity index (χ4n) is 2.71. The molecule has 0 saturated heterocycles. The van der Waals surface area contributed by atoms with Crippen LogP contribution in [0.1, 0.15) is 23.4 Å². The number of aromatic nitrogens is 4. The minimum Gasteiger partial charge on any atom is -0.366 e. The van der Waals surface area contributed by atoms with Gasteiger partial charge in [0.25, 0.3) is 5.78 Å². The number of thioether (sulfide) groups is 1. The molecule has 2 aromatic heterocycles. The molecule has 2 heterocycles. The summed E-state index contributed by atoms with van der Waals surface area (Å²) in [5, 5.41) is 7.10. The topological polar surface area (TPSA) is 98.2 Å². The molecule has 1 aromatic carbocycles. The molecule has 136 valence electrons. The molecule has 3 N–H and O–H groups in total. The van der Waals surface area contributed by atoms with Crippen molar-refractivity contribution in [2.24, 2.45) is 0 Å². The summed E-state index contributed by atoms with van der Waals surface area (Å²) in [6, 6.07) is 10.3. The van der Waals surface area contributed by atoms with Crippen LogP contribution in [-0.4, -0.2) is 37.8 Å². The molecule has 1 amide bonds. The van der Waals surface area contributed by atoms with Gasteiger partial charge in [-0.2, -0.15) is 9.50 Å². The number of amides is 1. The van der Waals surface area contributed by atoms with Gasteiger partial charge >= 0.3 is 0 Å². The summed E-state index contributed by atoms with van der Waals surface area (Å²) in [4.78, 5) is 22.0. The third-order valence-corrected chi connectivity index (χ3v) is 5.16. The first-order valence-corrected chi connectivity index (χ1v) is 9.46. The van der Waals surface area contributed by atoms with E-state index in [4.69, 9.17) is 5.73 Å². The summed E-state index contributed by atoms with van der Waals surface area (Å²) in [7, 11) is 0. The normalized spacial score (nSPS) is 11.0. The lowest BCUT2D eigenvalue weighted by molar-refractivity contribution is -0.120. The van der Waals surface area contributed by atoms with Crippen molar-refractivity contribution in [2.75, 3.05) is 18.0 Å². The Morgan fingerprint density at radius 3 is 2.77 bits per heavy atom. The van der Waals surface area contributed by atoms with Gasteiger partial charge in [0.05, 0.1) is 6.42 Å². The average molecular weight is 370 g/mol. The maximum absolute atomic E-state index is 12.3. The molecule has 0 saturated carbocycles. The molecule has 3 aromatic rings. The van der Waals surface area contributed by atoms with Crippen molar-refractivity contribution in [2.45, 2.75) is 31.6 Å². The van der Waals surface area contributed by atoms with Gasteiger partial charge in [-0.15, -0.1) is 16.9 Å². The van der Waals surface area contributed by atoms with Gasteiger partial charge in [-0.05, 0) is 38.2 Å². The van der Waals surface area contributed by atoms with E-state index in [9.17, 15) is 4.79 Å². The van der Waals surface area contributed by atoms with Crippen LogP contribution in [0.15, 0.2) is 35.2 Å². The second-order valence-corrected chi connectivity index (χ2v) is 7.15.